The highest BCUT2D eigenvalue weighted by Crippen LogP contribution is 2.24. The van der Waals surface area contributed by atoms with Crippen LogP contribution in [-0.4, -0.2) is 52.0 Å². The molecule has 2 aromatic rings. The van der Waals surface area contributed by atoms with E-state index in [-0.39, 0.29) is 37.5 Å². The van der Waals surface area contributed by atoms with Crippen LogP contribution in [-0.2, 0) is 9.53 Å². The Labute approximate surface area is 199 Å². The van der Waals surface area contributed by atoms with Crippen molar-refractivity contribution in [2.45, 2.75) is 18.9 Å². The van der Waals surface area contributed by atoms with Crippen LogP contribution in [0.25, 0.3) is 12.2 Å². The predicted octanol–water partition coefficient (Wildman–Crippen LogP) is 3.68. The van der Waals surface area contributed by atoms with Gasteiger partial charge in [0, 0.05) is 6.07 Å². The highest BCUT2D eigenvalue weighted by atomic mass is 35.5. The Bertz CT molecular complexity index is 920. The lowest BCUT2D eigenvalue weighted by atomic mass is 10.1. The van der Waals surface area contributed by atoms with Crippen molar-refractivity contribution in [2.75, 3.05) is 33.9 Å². The maximum atomic E-state index is 11.9. The molecule has 0 saturated carbocycles. The second kappa shape index (κ2) is 13.3. The van der Waals surface area contributed by atoms with Crippen LogP contribution in [0.3, 0.4) is 0 Å². The first-order valence-corrected chi connectivity index (χ1v) is 10.4. The summed E-state index contributed by atoms with van der Waals surface area (Å²) in [5.41, 5.74) is 1.86. The van der Waals surface area contributed by atoms with Crippen LogP contribution < -0.4 is 24.8 Å². The van der Waals surface area contributed by atoms with Gasteiger partial charge in [-0.05, 0) is 54.8 Å². The first-order valence-electron chi connectivity index (χ1n) is 10.4. The molecular weight excluding hydrogens is 448 g/mol. The van der Waals surface area contributed by atoms with Crippen molar-refractivity contribution in [2.24, 2.45) is 0 Å². The molecule has 9 heteroatoms. The Kier molecular flexibility index (Phi) is 10.5. The number of carbonyl (C=O) groups excluding carboxylic acids is 2. The number of hydrogen-bond donors (Lipinski definition) is 2. The molecular formula is C24H29ClN2O6. The van der Waals surface area contributed by atoms with Gasteiger partial charge in [0.15, 0.2) is 0 Å². The highest BCUT2D eigenvalue weighted by molar-refractivity contribution is 5.85. The Morgan fingerprint density at radius 2 is 1.67 bits per heavy atom. The van der Waals surface area contributed by atoms with Crippen molar-refractivity contribution in [3.05, 3.63) is 53.6 Å². The molecule has 2 N–H and O–H groups in total. The summed E-state index contributed by atoms with van der Waals surface area (Å²) >= 11 is 0. The van der Waals surface area contributed by atoms with Gasteiger partial charge in [-0.1, -0.05) is 24.3 Å². The molecule has 1 aliphatic rings. The quantitative estimate of drug-likeness (QED) is 0.247. The lowest BCUT2D eigenvalue weighted by Gasteiger charge is -2.11. The maximum Gasteiger partial charge on any atom is 0.513 e. The number of ether oxygens (including phenoxy) is 4. The molecule has 1 fully saturated rings. The molecule has 8 nitrogen and oxygen atoms in total. The van der Waals surface area contributed by atoms with Gasteiger partial charge in [0.05, 0.1) is 26.8 Å². The Balaban J connectivity index is 0.00000385. The minimum Gasteiger partial charge on any atom is -0.497 e. The second-order valence-corrected chi connectivity index (χ2v) is 7.19. The average molecular weight is 477 g/mol. The number of carbonyl (C=O) groups is 2. The van der Waals surface area contributed by atoms with Crippen LogP contribution >= 0.6 is 12.4 Å². The molecule has 0 aliphatic carbocycles. The summed E-state index contributed by atoms with van der Waals surface area (Å²) in [6, 6.07) is 12.5. The number of rotatable bonds is 9. The molecule has 0 aromatic heterocycles. The zero-order valence-electron chi connectivity index (χ0n) is 18.7. The van der Waals surface area contributed by atoms with E-state index in [0.717, 1.165) is 30.5 Å². The summed E-state index contributed by atoms with van der Waals surface area (Å²) in [7, 11) is 3.21. The number of hydrogen-bond acceptors (Lipinski definition) is 7. The lowest BCUT2D eigenvalue weighted by molar-refractivity contribution is -0.122. The molecule has 1 unspecified atom stereocenters. The normalized spacial score (nSPS) is 14.9. The Hall–Kier alpha value is -3.23. The van der Waals surface area contributed by atoms with Crippen LogP contribution in [0.5, 0.6) is 17.2 Å². The minimum absolute atomic E-state index is 0. The van der Waals surface area contributed by atoms with Gasteiger partial charge in [0.2, 0.25) is 5.91 Å². The molecule has 1 atom stereocenters. The molecule has 1 aliphatic heterocycles. The number of benzene rings is 2. The van der Waals surface area contributed by atoms with Crippen LogP contribution in [0.15, 0.2) is 42.5 Å². The van der Waals surface area contributed by atoms with Crippen molar-refractivity contribution in [3.63, 3.8) is 0 Å². The molecule has 3 rings (SSSR count). The third-order valence-electron chi connectivity index (χ3n) is 4.92. The molecule has 1 saturated heterocycles. The van der Waals surface area contributed by atoms with Gasteiger partial charge in [-0.3, -0.25) is 4.79 Å². The summed E-state index contributed by atoms with van der Waals surface area (Å²) in [6.07, 6.45) is 4.87. The smallest absolute Gasteiger partial charge is 0.497 e. The van der Waals surface area contributed by atoms with Crippen molar-refractivity contribution in [1.82, 2.24) is 10.6 Å². The fraction of sp³-hybridized carbons (Fsp3) is 0.333. The van der Waals surface area contributed by atoms with Crippen molar-refractivity contribution in [1.29, 1.82) is 0 Å². The Morgan fingerprint density at radius 3 is 2.27 bits per heavy atom. The number of nitrogens with one attached hydrogen (secondary N) is 2. The fourth-order valence-electron chi connectivity index (χ4n) is 3.23. The van der Waals surface area contributed by atoms with Gasteiger partial charge in [-0.25, -0.2) is 4.79 Å². The summed E-state index contributed by atoms with van der Waals surface area (Å²) < 4.78 is 20.7. The zero-order chi connectivity index (χ0) is 22.8. The maximum absolute atomic E-state index is 11.9. The topological polar surface area (TPSA) is 95.1 Å². The minimum atomic E-state index is -0.815. The van der Waals surface area contributed by atoms with E-state index in [1.807, 2.05) is 42.5 Å². The van der Waals surface area contributed by atoms with Gasteiger partial charge in [-0.15, -0.1) is 12.4 Å². The SMILES string of the molecule is COc1cc(/C=C/c2ccc(OC(=O)OCCNC(=O)C3CCCN3)cc2)cc(OC)c1.Cl. The van der Waals surface area contributed by atoms with Gasteiger partial charge in [0.1, 0.15) is 23.9 Å². The van der Waals surface area contributed by atoms with E-state index in [0.29, 0.717) is 17.2 Å². The van der Waals surface area contributed by atoms with Crippen molar-refractivity contribution >= 4 is 36.6 Å². The van der Waals surface area contributed by atoms with Crippen LogP contribution in [0.1, 0.15) is 24.0 Å². The van der Waals surface area contributed by atoms with E-state index in [2.05, 4.69) is 10.6 Å². The molecule has 178 valence electrons. The van der Waals surface area contributed by atoms with Gasteiger partial charge >= 0.3 is 6.16 Å². The van der Waals surface area contributed by atoms with Crippen molar-refractivity contribution in [3.8, 4) is 17.2 Å². The third kappa shape index (κ3) is 8.32. The first kappa shape index (κ1) is 26.0. The summed E-state index contributed by atoms with van der Waals surface area (Å²) in [6.45, 7) is 1.14. The van der Waals surface area contributed by atoms with Gasteiger partial charge in [0.25, 0.3) is 0 Å². The van der Waals surface area contributed by atoms with Gasteiger partial charge < -0.3 is 29.6 Å². The van der Waals surface area contributed by atoms with E-state index in [1.54, 1.807) is 26.4 Å². The van der Waals surface area contributed by atoms with E-state index >= 15 is 0 Å². The van der Waals surface area contributed by atoms with E-state index < -0.39 is 6.16 Å². The lowest BCUT2D eigenvalue weighted by Crippen LogP contribution is -2.41. The molecule has 2 aromatic carbocycles. The number of amides is 1. The van der Waals surface area contributed by atoms with E-state index in [1.165, 1.54) is 0 Å². The van der Waals surface area contributed by atoms with E-state index in [4.69, 9.17) is 18.9 Å². The molecule has 0 spiro atoms. The highest BCUT2D eigenvalue weighted by Gasteiger charge is 2.21. The molecule has 33 heavy (non-hydrogen) atoms. The average Bonchev–Trinajstić information content (AvgIpc) is 3.36. The first-order chi connectivity index (χ1) is 15.6. The fourth-order valence-corrected chi connectivity index (χ4v) is 3.23. The zero-order valence-corrected chi connectivity index (χ0v) is 19.5. The standard InChI is InChI=1S/C24H28N2O6.ClH/c1-29-20-14-18(15-21(16-20)30-2)6-5-17-7-9-19(10-8-17)32-24(28)31-13-12-26-23(27)22-4-3-11-25-22;/h5-10,14-16,22,25H,3-4,11-13H2,1-2H3,(H,26,27);1H/b6-5+;. The third-order valence-corrected chi connectivity index (χ3v) is 4.92. The Morgan fingerprint density at radius 1 is 1.00 bits per heavy atom. The van der Waals surface area contributed by atoms with Crippen LogP contribution in [0, 0.1) is 0 Å². The van der Waals surface area contributed by atoms with Gasteiger partial charge in [-0.2, -0.15) is 0 Å². The van der Waals surface area contributed by atoms with Crippen LogP contribution in [0.4, 0.5) is 4.79 Å². The number of methoxy groups -OCH3 is 2. The molecule has 0 bridgehead atoms. The summed E-state index contributed by atoms with van der Waals surface area (Å²) in [5, 5.41) is 5.85. The molecule has 1 amide bonds. The van der Waals surface area contributed by atoms with Crippen molar-refractivity contribution < 1.29 is 28.5 Å². The summed E-state index contributed by atoms with van der Waals surface area (Å²) in [4.78, 5) is 23.7. The predicted molar refractivity (Wildman–Crippen MR) is 128 cm³/mol. The van der Waals surface area contributed by atoms with E-state index in [9.17, 15) is 9.59 Å². The molecule has 0 radical (unpaired) electrons. The number of halogens is 1. The second-order valence-electron chi connectivity index (χ2n) is 7.19. The largest absolute Gasteiger partial charge is 0.513 e. The van der Waals surface area contributed by atoms with Crippen LogP contribution in [0.2, 0.25) is 0 Å². The monoisotopic (exact) mass is 476 g/mol. The summed E-state index contributed by atoms with van der Waals surface area (Å²) in [5.74, 6) is 1.71. The molecule has 1 heterocycles.